The second-order valence-electron chi connectivity index (χ2n) is 2.26. The zero-order chi connectivity index (χ0) is 5.33. The van der Waals surface area contributed by atoms with Gasteiger partial charge in [0.25, 0.3) is 0 Å². The second-order valence-corrected chi connectivity index (χ2v) is 2.26. The molecule has 2 nitrogen and oxygen atoms in total. The van der Waals surface area contributed by atoms with E-state index < -0.39 is 0 Å². The van der Waals surface area contributed by atoms with Gasteiger partial charge in [0.05, 0.1) is 5.62 Å². The Morgan fingerprint density at radius 1 is 1.71 bits per heavy atom. The average molecular weight is 98.9 g/mol. The third-order valence-electron chi connectivity index (χ3n) is 1.25. The Kier molecular flexibility index (Phi) is 1.09. The summed E-state index contributed by atoms with van der Waals surface area (Å²) in [4.78, 5) is 0. The smallest absolute Gasteiger partial charge is 0.162 e. The summed E-state index contributed by atoms with van der Waals surface area (Å²) < 4.78 is 5.12. The molecular formula is C4H10BNO. The maximum Gasteiger partial charge on any atom is 0.162 e. The summed E-state index contributed by atoms with van der Waals surface area (Å²) in [5.74, 6) is 0. The number of hydrogen-bond acceptors (Lipinski definition) is 2. The van der Waals surface area contributed by atoms with Crippen molar-refractivity contribution in [1.29, 1.82) is 0 Å². The predicted molar refractivity (Wildman–Crippen MR) is 30.6 cm³/mol. The van der Waals surface area contributed by atoms with E-state index in [-0.39, 0.29) is 5.62 Å². The minimum atomic E-state index is -0.306. The minimum Gasteiger partial charge on any atom is -0.370 e. The Labute approximate surface area is 44.4 Å². The third kappa shape index (κ3) is 1.18. The molecule has 0 spiro atoms. The van der Waals surface area contributed by atoms with E-state index in [4.69, 9.17) is 10.5 Å². The Morgan fingerprint density at radius 2 is 2.43 bits per heavy atom. The summed E-state index contributed by atoms with van der Waals surface area (Å²) in [5, 5.41) is 0. The van der Waals surface area contributed by atoms with Gasteiger partial charge in [-0.15, -0.1) is 0 Å². The molecule has 40 valence electrons. The van der Waals surface area contributed by atoms with Crippen LogP contribution in [0.15, 0.2) is 0 Å². The Bertz CT molecular complexity index is 66.1. The summed E-state index contributed by atoms with van der Waals surface area (Å²) in [7, 11) is 1.92. The van der Waals surface area contributed by atoms with Crippen molar-refractivity contribution in [3.8, 4) is 0 Å². The quantitative estimate of drug-likeness (QED) is 0.397. The van der Waals surface area contributed by atoms with Crippen LogP contribution in [0.3, 0.4) is 0 Å². The van der Waals surface area contributed by atoms with Crippen LogP contribution >= 0.6 is 0 Å². The lowest BCUT2D eigenvalue weighted by atomic mass is 9.90. The van der Waals surface area contributed by atoms with E-state index in [1.807, 2.05) is 7.85 Å². The minimum absolute atomic E-state index is 0.306. The summed E-state index contributed by atoms with van der Waals surface area (Å²) in [6.07, 6.45) is 2.12. The van der Waals surface area contributed by atoms with Gasteiger partial charge in [0.1, 0.15) is 0 Å². The maximum atomic E-state index is 5.56. The van der Waals surface area contributed by atoms with E-state index in [2.05, 4.69) is 0 Å². The largest absolute Gasteiger partial charge is 0.370 e. The highest BCUT2D eigenvalue weighted by Gasteiger charge is 2.23. The third-order valence-corrected chi connectivity index (χ3v) is 1.25. The lowest BCUT2D eigenvalue weighted by molar-refractivity contribution is 0.0800. The fourth-order valence-electron chi connectivity index (χ4n) is 0.801. The molecule has 1 aliphatic rings. The van der Waals surface area contributed by atoms with Crippen molar-refractivity contribution in [3.63, 3.8) is 0 Å². The first-order chi connectivity index (χ1) is 3.21. The van der Waals surface area contributed by atoms with Crippen molar-refractivity contribution >= 4 is 7.85 Å². The Morgan fingerprint density at radius 3 is 2.57 bits per heavy atom. The first kappa shape index (κ1) is 5.13. The number of nitrogens with two attached hydrogens (primary N) is 1. The molecule has 0 aliphatic carbocycles. The normalized spacial score (nSPS) is 41.9. The van der Waals surface area contributed by atoms with Crippen LogP contribution in [0, 0.1) is 0 Å². The molecule has 0 saturated carbocycles. The van der Waals surface area contributed by atoms with Crippen molar-refractivity contribution in [3.05, 3.63) is 0 Å². The molecule has 0 aromatic heterocycles. The lowest BCUT2D eigenvalue weighted by Gasteiger charge is -2.14. The van der Waals surface area contributed by atoms with Crippen LogP contribution in [-0.2, 0) is 4.74 Å². The number of rotatable bonds is 0. The van der Waals surface area contributed by atoms with Gasteiger partial charge in [-0.25, -0.2) is 0 Å². The summed E-state index contributed by atoms with van der Waals surface area (Å²) in [6.45, 7) is 0.840. The molecule has 1 saturated heterocycles. The van der Waals surface area contributed by atoms with Crippen LogP contribution in [0.5, 0.6) is 0 Å². The zero-order valence-corrected chi connectivity index (χ0v) is 4.61. The van der Waals surface area contributed by atoms with E-state index in [0.717, 1.165) is 19.4 Å². The van der Waals surface area contributed by atoms with Crippen LogP contribution in [0.25, 0.3) is 0 Å². The van der Waals surface area contributed by atoms with Crippen LogP contribution in [0.2, 0.25) is 0 Å². The monoisotopic (exact) mass is 99.1 g/mol. The second kappa shape index (κ2) is 1.49. The summed E-state index contributed by atoms with van der Waals surface area (Å²) in [5.41, 5.74) is 5.25. The molecule has 0 aromatic carbocycles. The Balaban J connectivity index is 2.40. The molecule has 0 amide bonds. The molecule has 1 heterocycles. The summed E-state index contributed by atoms with van der Waals surface area (Å²) >= 11 is 0. The van der Waals surface area contributed by atoms with E-state index in [0.29, 0.717) is 0 Å². The van der Waals surface area contributed by atoms with Gasteiger partial charge in [0, 0.05) is 6.61 Å². The molecule has 0 aromatic rings. The molecule has 1 unspecified atom stereocenters. The predicted octanol–water partition coefficient (Wildman–Crippen LogP) is -0.958. The molecule has 3 heteroatoms. The van der Waals surface area contributed by atoms with Crippen LogP contribution in [0.4, 0.5) is 0 Å². The van der Waals surface area contributed by atoms with E-state index in [1.165, 1.54) is 0 Å². The Hall–Kier alpha value is -0.0151. The molecule has 0 radical (unpaired) electrons. The van der Waals surface area contributed by atoms with Gasteiger partial charge < -0.3 is 10.5 Å². The van der Waals surface area contributed by atoms with Gasteiger partial charge >= 0.3 is 0 Å². The molecule has 0 bridgehead atoms. The van der Waals surface area contributed by atoms with Crippen molar-refractivity contribution in [2.45, 2.75) is 18.5 Å². The zero-order valence-electron chi connectivity index (χ0n) is 4.61. The van der Waals surface area contributed by atoms with Crippen LogP contribution < -0.4 is 5.73 Å². The van der Waals surface area contributed by atoms with E-state index >= 15 is 0 Å². The molecule has 7 heavy (non-hydrogen) atoms. The van der Waals surface area contributed by atoms with Crippen molar-refractivity contribution in [1.82, 2.24) is 0 Å². The van der Waals surface area contributed by atoms with Crippen LogP contribution in [0.1, 0.15) is 12.8 Å². The van der Waals surface area contributed by atoms with Crippen LogP contribution in [-0.4, -0.2) is 20.1 Å². The van der Waals surface area contributed by atoms with Gasteiger partial charge in [0.15, 0.2) is 7.85 Å². The molecule has 2 N–H and O–H groups in total. The molecule has 1 atom stereocenters. The number of ether oxygens (including phenoxy) is 1. The van der Waals surface area contributed by atoms with Gasteiger partial charge in [0.2, 0.25) is 0 Å². The van der Waals surface area contributed by atoms with Crippen molar-refractivity contribution < 1.29 is 4.74 Å². The van der Waals surface area contributed by atoms with E-state index in [9.17, 15) is 0 Å². The number of hydrogen-bond donors (Lipinski definition) is 1. The van der Waals surface area contributed by atoms with Gasteiger partial charge in [-0.05, 0) is 12.8 Å². The first-order valence-electron chi connectivity index (χ1n) is 2.64. The van der Waals surface area contributed by atoms with Crippen molar-refractivity contribution in [2.75, 3.05) is 6.61 Å². The lowest BCUT2D eigenvalue weighted by Crippen LogP contribution is -2.38. The van der Waals surface area contributed by atoms with E-state index in [1.54, 1.807) is 0 Å². The van der Waals surface area contributed by atoms with Gasteiger partial charge in [-0.1, -0.05) is 0 Å². The average Bonchev–Trinajstić information content (AvgIpc) is 1.84. The SMILES string of the molecule is BC1(N)CCCO1. The highest BCUT2D eigenvalue weighted by molar-refractivity contribution is 6.14. The molecule has 1 aliphatic heterocycles. The first-order valence-corrected chi connectivity index (χ1v) is 2.64. The van der Waals surface area contributed by atoms with Gasteiger partial charge in [-0.2, -0.15) is 0 Å². The topological polar surface area (TPSA) is 35.2 Å². The maximum absolute atomic E-state index is 5.56. The fraction of sp³-hybridized carbons (Fsp3) is 1.00. The van der Waals surface area contributed by atoms with Gasteiger partial charge in [-0.3, -0.25) is 0 Å². The highest BCUT2D eigenvalue weighted by atomic mass is 16.5. The molecule has 1 fully saturated rings. The summed E-state index contributed by atoms with van der Waals surface area (Å²) in [6, 6.07) is 0. The highest BCUT2D eigenvalue weighted by Crippen LogP contribution is 2.14. The standard InChI is InChI=1S/C4H10BNO/c5-4(6)2-1-3-7-4/h1-3,5-6H2. The molecular weight excluding hydrogens is 88.9 g/mol. The molecule has 1 rings (SSSR count). The van der Waals surface area contributed by atoms with Crippen molar-refractivity contribution in [2.24, 2.45) is 5.73 Å². The fourth-order valence-corrected chi connectivity index (χ4v) is 0.801.